The fraction of sp³-hybridized carbons (Fsp3) is 0.500. The van der Waals surface area contributed by atoms with Gasteiger partial charge >= 0.3 is 5.97 Å². The molecule has 1 saturated heterocycles. The molecule has 4 nitrogen and oxygen atoms in total. The second-order valence-corrected chi connectivity index (χ2v) is 4.63. The van der Waals surface area contributed by atoms with Crippen LogP contribution in [0.3, 0.4) is 0 Å². The minimum Gasteiger partial charge on any atom is -0.497 e. The van der Waals surface area contributed by atoms with Gasteiger partial charge in [0.2, 0.25) is 0 Å². The minimum absolute atomic E-state index is 0. The van der Waals surface area contributed by atoms with Crippen LogP contribution in [0.4, 0.5) is 0 Å². The molecule has 0 aromatic heterocycles. The van der Waals surface area contributed by atoms with E-state index in [1.807, 2.05) is 24.3 Å². The summed E-state index contributed by atoms with van der Waals surface area (Å²) in [7, 11) is 1.65. The average Bonchev–Trinajstić information content (AvgIpc) is 2.85. The number of nitrogens with zero attached hydrogens (tertiary/aromatic N) is 1. The Hall–Kier alpha value is -1.26. The highest BCUT2D eigenvalue weighted by Gasteiger charge is 2.29. The van der Waals surface area contributed by atoms with Crippen LogP contribution < -0.4 is 4.74 Å². The smallest absolute Gasteiger partial charge is 0.320 e. The van der Waals surface area contributed by atoms with Gasteiger partial charge in [0.1, 0.15) is 11.8 Å². The molecular formula is C14H20ClNO3. The Kier molecular flexibility index (Phi) is 6.12. The molecule has 1 aliphatic heterocycles. The summed E-state index contributed by atoms with van der Waals surface area (Å²) in [6.07, 6.45) is 2.64. The lowest BCUT2D eigenvalue weighted by Gasteiger charge is -2.20. The van der Waals surface area contributed by atoms with Crippen LogP contribution in [0.25, 0.3) is 0 Å². The third kappa shape index (κ3) is 4.11. The number of halogens is 1. The van der Waals surface area contributed by atoms with E-state index in [4.69, 9.17) is 9.84 Å². The summed E-state index contributed by atoms with van der Waals surface area (Å²) in [5.74, 6) is 0.158. The monoisotopic (exact) mass is 285 g/mol. The Labute approximate surface area is 119 Å². The summed E-state index contributed by atoms with van der Waals surface area (Å²) in [5.41, 5.74) is 1.21. The van der Waals surface area contributed by atoms with Gasteiger partial charge in [-0.25, -0.2) is 0 Å². The first-order valence-corrected chi connectivity index (χ1v) is 6.30. The first kappa shape index (κ1) is 15.8. The maximum absolute atomic E-state index is 11.0. The van der Waals surface area contributed by atoms with Crippen molar-refractivity contribution in [3.63, 3.8) is 0 Å². The number of hydrogen-bond donors (Lipinski definition) is 1. The Bertz CT molecular complexity index is 408. The molecule has 1 aliphatic rings. The van der Waals surface area contributed by atoms with Crippen molar-refractivity contribution in [1.29, 1.82) is 0 Å². The first-order valence-electron chi connectivity index (χ1n) is 6.30. The molecule has 1 aromatic carbocycles. The SMILES string of the molecule is COc1ccc(CCN2CCCC2C(=O)O)cc1.Cl. The molecule has 0 amide bonds. The van der Waals surface area contributed by atoms with E-state index in [1.54, 1.807) is 7.11 Å². The minimum atomic E-state index is -0.692. The number of carboxylic acid groups (broad SMARTS) is 1. The Morgan fingerprint density at radius 1 is 1.42 bits per heavy atom. The highest BCUT2D eigenvalue weighted by Crippen LogP contribution is 2.18. The summed E-state index contributed by atoms with van der Waals surface area (Å²) < 4.78 is 5.11. The van der Waals surface area contributed by atoms with Crippen molar-refractivity contribution in [1.82, 2.24) is 4.90 Å². The summed E-state index contributed by atoms with van der Waals surface area (Å²) in [4.78, 5) is 13.1. The number of carbonyl (C=O) groups is 1. The molecule has 2 rings (SSSR count). The Morgan fingerprint density at radius 3 is 2.68 bits per heavy atom. The number of carboxylic acids is 1. The molecule has 5 heteroatoms. The zero-order valence-corrected chi connectivity index (χ0v) is 11.9. The van der Waals surface area contributed by atoms with Crippen LogP contribution >= 0.6 is 12.4 Å². The van der Waals surface area contributed by atoms with Gasteiger partial charge in [-0.15, -0.1) is 12.4 Å². The third-order valence-corrected chi connectivity index (χ3v) is 3.50. The van der Waals surface area contributed by atoms with E-state index < -0.39 is 5.97 Å². The fourth-order valence-corrected chi connectivity index (χ4v) is 2.44. The lowest BCUT2D eigenvalue weighted by atomic mass is 10.1. The molecule has 0 radical (unpaired) electrons. The molecule has 1 fully saturated rings. The number of aliphatic carboxylic acids is 1. The maximum Gasteiger partial charge on any atom is 0.320 e. The summed E-state index contributed by atoms with van der Waals surface area (Å²) in [6.45, 7) is 1.70. The summed E-state index contributed by atoms with van der Waals surface area (Å²) in [6, 6.07) is 7.65. The van der Waals surface area contributed by atoms with Crippen molar-refractivity contribution < 1.29 is 14.6 Å². The van der Waals surface area contributed by atoms with E-state index in [-0.39, 0.29) is 18.4 Å². The lowest BCUT2D eigenvalue weighted by Crippen LogP contribution is -2.37. The van der Waals surface area contributed by atoms with Gasteiger partial charge in [0.15, 0.2) is 0 Å². The van der Waals surface area contributed by atoms with Crippen LogP contribution in [0.15, 0.2) is 24.3 Å². The fourth-order valence-electron chi connectivity index (χ4n) is 2.44. The van der Waals surface area contributed by atoms with E-state index in [2.05, 4.69) is 4.90 Å². The third-order valence-electron chi connectivity index (χ3n) is 3.50. The predicted molar refractivity (Wildman–Crippen MR) is 76.2 cm³/mol. The van der Waals surface area contributed by atoms with E-state index in [9.17, 15) is 4.79 Å². The zero-order valence-electron chi connectivity index (χ0n) is 11.0. The van der Waals surface area contributed by atoms with Crippen molar-refractivity contribution in [3.05, 3.63) is 29.8 Å². The van der Waals surface area contributed by atoms with Gasteiger partial charge in [0, 0.05) is 6.54 Å². The van der Waals surface area contributed by atoms with Crippen LogP contribution in [-0.2, 0) is 11.2 Å². The van der Waals surface area contributed by atoms with Gasteiger partial charge in [0.05, 0.1) is 7.11 Å². The highest BCUT2D eigenvalue weighted by molar-refractivity contribution is 5.85. The lowest BCUT2D eigenvalue weighted by molar-refractivity contribution is -0.142. The van der Waals surface area contributed by atoms with Crippen LogP contribution in [0.1, 0.15) is 18.4 Å². The molecule has 0 bridgehead atoms. The first-order chi connectivity index (χ1) is 8.70. The number of benzene rings is 1. The van der Waals surface area contributed by atoms with E-state index in [0.29, 0.717) is 0 Å². The van der Waals surface area contributed by atoms with Crippen LogP contribution in [0.2, 0.25) is 0 Å². The summed E-state index contributed by atoms with van der Waals surface area (Å²) >= 11 is 0. The molecule has 1 aromatic rings. The number of hydrogen-bond acceptors (Lipinski definition) is 3. The van der Waals surface area contributed by atoms with E-state index in [1.165, 1.54) is 5.56 Å². The normalized spacial score (nSPS) is 18.9. The largest absolute Gasteiger partial charge is 0.497 e. The molecule has 0 saturated carbocycles. The zero-order chi connectivity index (χ0) is 13.0. The van der Waals surface area contributed by atoms with E-state index in [0.717, 1.165) is 38.1 Å². The molecule has 0 aliphatic carbocycles. The van der Waals surface area contributed by atoms with Crippen LogP contribution in [-0.4, -0.2) is 42.2 Å². The maximum atomic E-state index is 11.0. The van der Waals surface area contributed by atoms with Crippen molar-refractivity contribution in [3.8, 4) is 5.75 Å². The molecule has 0 spiro atoms. The van der Waals surface area contributed by atoms with Gasteiger partial charge in [-0.1, -0.05) is 12.1 Å². The van der Waals surface area contributed by atoms with Gasteiger partial charge in [-0.2, -0.15) is 0 Å². The van der Waals surface area contributed by atoms with Gasteiger partial charge in [0.25, 0.3) is 0 Å². The Balaban J connectivity index is 0.00000180. The second-order valence-electron chi connectivity index (χ2n) is 4.63. The Morgan fingerprint density at radius 2 is 2.11 bits per heavy atom. The number of methoxy groups -OCH3 is 1. The quantitative estimate of drug-likeness (QED) is 0.901. The molecule has 1 heterocycles. The molecule has 1 unspecified atom stereocenters. The van der Waals surface area contributed by atoms with Gasteiger partial charge < -0.3 is 9.84 Å². The molecule has 106 valence electrons. The second kappa shape index (κ2) is 7.36. The van der Waals surface area contributed by atoms with Crippen molar-refractivity contribution >= 4 is 18.4 Å². The summed E-state index contributed by atoms with van der Waals surface area (Å²) in [5, 5.41) is 9.09. The van der Waals surface area contributed by atoms with Crippen molar-refractivity contribution in [2.45, 2.75) is 25.3 Å². The number of likely N-dealkylation sites (tertiary alicyclic amines) is 1. The average molecular weight is 286 g/mol. The van der Waals surface area contributed by atoms with E-state index >= 15 is 0 Å². The standard InChI is InChI=1S/C14H19NO3.ClH/c1-18-12-6-4-11(5-7-12)8-10-15-9-2-3-13(15)14(16)17;/h4-7,13H,2-3,8-10H2,1H3,(H,16,17);1H. The van der Waals surface area contributed by atoms with Crippen molar-refractivity contribution in [2.24, 2.45) is 0 Å². The molecule has 19 heavy (non-hydrogen) atoms. The predicted octanol–water partition coefficient (Wildman–Crippen LogP) is 2.21. The van der Waals surface area contributed by atoms with Crippen LogP contribution in [0.5, 0.6) is 5.75 Å². The number of ether oxygens (including phenoxy) is 1. The molecular weight excluding hydrogens is 266 g/mol. The van der Waals surface area contributed by atoms with Gasteiger partial charge in [-0.3, -0.25) is 9.69 Å². The molecule has 1 atom stereocenters. The number of rotatable bonds is 5. The molecule has 1 N–H and O–H groups in total. The topological polar surface area (TPSA) is 49.8 Å². The van der Waals surface area contributed by atoms with Gasteiger partial charge in [-0.05, 0) is 43.5 Å². The van der Waals surface area contributed by atoms with Crippen molar-refractivity contribution in [2.75, 3.05) is 20.2 Å². The highest BCUT2D eigenvalue weighted by atomic mass is 35.5. The van der Waals surface area contributed by atoms with Crippen LogP contribution in [0, 0.1) is 0 Å².